The lowest BCUT2D eigenvalue weighted by atomic mass is 10.1. The van der Waals surface area contributed by atoms with Crippen molar-refractivity contribution in [1.82, 2.24) is 9.78 Å². The van der Waals surface area contributed by atoms with Crippen molar-refractivity contribution in [3.05, 3.63) is 60.4 Å². The van der Waals surface area contributed by atoms with Crippen molar-refractivity contribution in [3.8, 4) is 23.0 Å². The number of aromatic nitrogens is 2. The van der Waals surface area contributed by atoms with Crippen molar-refractivity contribution in [3.63, 3.8) is 0 Å². The van der Waals surface area contributed by atoms with Crippen LogP contribution in [0.1, 0.15) is 12.5 Å². The third-order valence-electron chi connectivity index (χ3n) is 4.92. The maximum Gasteiger partial charge on any atom is 0.127 e. The predicted octanol–water partition coefficient (Wildman–Crippen LogP) is 3.28. The summed E-state index contributed by atoms with van der Waals surface area (Å²) in [7, 11) is 5.12. The molecule has 0 spiro atoms. The monoisotopic (exact) mass is 441 g/mol. The molecule has 0 radical (unpaired) electrons. The third kappa shape index (κ3) is 6.31. The van der Waals surface area contributed by atoms with Crippen LogP contribution in [0, 0.1) is 0 Å². The van der Waals surface area contributed by atoms with Crippen LogP contribution in [-0.2, 0) is 13.6 Å². The molecule has 0 bridgehead atoms. The molecule has 0 aliphatic heterocycles. The zero-order valence-corrected chi connectivity index (χ0v) is 19.0. The summed E-state index contributed by atoms with van der Waals surface area (Å²) < 4.78 is 23.8. The molecule has 0 amide bonds. The summed E-state index contributed by atoms with van der Waals surface area (Å²) in [6.07, 6.45) is 2.97. The van der Waals surface area contributed by atoms with Crippen LogP contribution in [0.25, 0.3) is 0 Å². The van der Waals surface area contributed by atoms with E-state index in [1.165, 1.54) is 0 Å². The highest BCUT2D eigenvalue weighted by atomic mass is 16.5. The third-order valence-corrected chi connectivity index (χ3v) is 4.92. The van der Waals surface area contributed by atoms with Crippen molar-refractivity contribution in [2.24, 2.45) is 7.05 Å². The lowest BCUT2D eigenvalue weighted by molar-refractivity contribution is 0.112. The number of hydrogen-bond acceptors (Lipinski definition) is 7. The van der Waals surface area contributed by atoms with E-state index in [0.29, 0.717) is 25.4 Å². The first-order chi connectivity index (χ1) is 15.5. The molecule has 3 rings (SSSR count). The lowest BCUT2D eigenvalue weighted by Crippen LogP contribution is -2.35. The molecule has 2 aromatic carbocycles. The molecule has 32 heavy (non-hydrogen) atoms. The fourth-order valence-electron chi connectivity index (χ4n) is 3.32. The molecule has 1 heterocycles. The maximum absolute atomic E-state index is 10.7. The molecule has 8 nitrogen and oxygen atoms in total. The van der Waals surface area contributed by atoms with Crippen LogP contribution in [0.15, 0.2) is 54.9 Å². The van der Waals surface area contributed by atoms with E-state index in [-0.39, 0.29) is 6.61 Å². The van der Waals surface area contributed by atoms with Gasteiger partial charge in [-0.3, -0.25) is 4.68 Å². The highest BCUT2D eigenvalue weighted by molar-refractivity contribution is 5.47. The number of aryl methyl sites for hydroxylation is 1. The lowest BCUT2D eigenvalue weighted by Gasteiger charge is -2.27. The zero-order valence-electron chi connectivity index (χ0n) is 19.0. The van der Waals surface area contributed by atoms with Gasteiger partial charge in [0, 0.05) is 38.0 Å². The van der Waals surface area contributed by atoms with E-state index < -0.39 is 6.10 Å². The van der Waals surface area contributed by atoms with Crippen molar-refractivity contribution < 1.29 is 24.1 Å². The quantitative estimate of drug-likeness (QED) is 0.462. The summed E-state index contributed by atoms with van der Waals surface area (Å²) in [5.41, 5.74) is 1.86. The first-order valence-electron chi connectivity index (χ1n) is 10.5. The second kappa shape index (κ2) is 11.3. The minimum atomic E-state index is -0.717. The van der Waals surface area contributed by atoms with Gasteiger partial charge in [0.25, 0.3) is 0 Å². The van der Waals surface area contributed by atoms with E-state index in [4.69, 9.17) is 18.9 Å². The van der Waals surface area contributed by atoms with Crippen molar-refractivity contribution in [2.45, 2.75) is 19.6 Å². The van der Waals surface area contributed by atoms with Crippen LogP contribution in [0.3, 0.4) is 0 Å². The Balaban J connectivity index is 1.68. The van der Waals surface area contributed by atoms with Crippen LogP contribution < -0.4 is 23.8 Å². The SMILES string of the molecule is CCOc1ccc(OC[C@H](O)CN(Cc2ccc(OC)cc2OC)c2cnn(C)c2)cc1. The molecular formula is C24H31N3O5. The van der Waals surface area contributed by atoms with E-state index in [0.717, 1.165) is 28.5 Å². The van der Waals surface area contributed by atoms with E-state index in [9.17, 15) is 5.11 Å². The molecule has 1 N–H and O–H groups in total. The summed E-state index contributed by atoms with van der Waals surface area (Å²) in [6, 6.07) is 13.1. The van der Waals surface area contributed by atoms with Gasteiger partial charge in [-0.25, -0.2) is 0 Å². The van der Waals surface area contributed by atoms with Crippen LogP contribution in [-0.4, -0.2) is 55.0 Å². The molecule has 0 unspecified atom stereocenters. The van der Waals surface area contributed by atoms with Crippen molar-refractivity contribution in [2.75, 3.05) is 38.9 Å². The zero-order chi connectivity index (χ0) is 22.9. The number of ether oxygens (including phenoxy) is 4. The molecule has 8 heteroatoms. The Morgan fingerprint density at radius 3 is 2.28 bits per heavy atom. The van der Waals surface area contributed by atoms with Crippen molar-refractivity contribution in [1.29, 1.82) is 0 Å². The average Bonchev–Trinajstić information content (AvgIpc) is 3.24. The molecule has 3 aromatic rings. The molecule has 1 atom stereocenters. The minimum absolute atomic E-state index is 0.157. The molecule has 0 saturated heterocycles. The number of rotatable bonds is 12. The van der Waals surface area contributed by atoms with Gasteiger partial charge in [0.1, 0.15) is 35.7 Å². The highest BCUT2D eigenvalue weighted by Crippen LogP contribution is 2.27. The summed E-state index contributed by atoms with van der Waals surface area (Å²) in [6.45, 7) is 3.60. The number of benzene rings is 2. The molecule has 0 fully saturated rings. The maximum atomic E-state index is 10.7. The van der Waals surface area contributed by atoms with Crippen LogP contribution in [0.4, 0.5) is 5.69 Å². The number of anilines is 1. The normalized spacial score (nSPS) is 11.7. The summed E-state index contributed by atoms with van der Waals surface area (Å²) in [5.74, 6) is 2.91. The fourth-order valence-corrected chi connectivity index (χ4v) is 3.32. The van der Waals surface area contributed by atoms with Gasteiger partial charge in [-0.05, 0) is 43.3 Å². The number of aliphatic hydroxyl groups is 1. The molecule has 172 valence electrons. The van der Waals surface area contributed by atoms with Gasteiger partial charge in [-0.2, -0.15) is 5.10 Å². The second-order valence-corrected chi connectivity index (χ2v) is 7.30. The van der Waals surface area contributed by atoms with Gasteiger partial charge in [-0.1, -0.05) is 0 Å². The van der Waals surface area contributed by atoms with Crippen LogP contribution >= 0.6 is 0 Å². The molecule has 1 aromatic heterocycles. The van der Waals surface area contributed by atoms with E-state index in [1.54, 1.807) is 25.1 Å². The highest BCUT2D eigenvalue weighted by Gasteiger charge is 2.18. The smallest absolute Gasteiger partial charge is 0.127 e. The molecular weight excluding hydrogens is 410 g/mol. The average molecular weight is 442 g/mol. The summed E-state index contributed by atoms with van der Waals surface area (Å²) in [4.78, 5) is 2.05. The molecule has 0 saturated carbocycles. The van der Waals surface area contributed by atoms with Crippen LogP contribution in [0.2, 0.25) is 0 Å². The molecule has 0 aliphatic carbocycles. The van der Waals surface area contributed by atoms with E-state index >= 15 is 0 Å². The van der Waals surface area contributed by atoms with E-state index in [1.807, 2.05) is 67.5 Å². The van der Waals surface area contributed by atoms with Gasteiger partial charge in [0.05, 0.1) is 32.7 Å². The number of aliphatic hydroxyl groups excluding tert-OH is 1. The fraction of sp³-hybridized carbons (Fsp3) is 0.375. The largest absolute Gasteiger partial charge is 0.497 e. The van der Waals surface area contributed by atoms with Gasteiger partial charge < -0.3 is 29.0 Å². The Morgan fingerprint density at radius 1 is 1.00 bits per heavy atom. The van der Waals surface area contributed by atoms with Gasteiger partial charge in [-0.15, -0.1) is 0 Å². The van der Waals surface area contributed by atoms with Gasteiger partial charge in [0.2, 0.25) is 0 Å². The Morgan fingerprint density at radius 2 is 1.69 bits per heavy atom. The summed E-state index contributed by atoms with van der Waals surface area (Å²) >= 11 is 0. The Hall–Kier alpha value is -3.39. The topological polar surface area (TPSA) is 78.2 Å². The van der Waals surface area contributed by atoms with Gasteiger partial charge >= 0.3 is 0 Å². The van der Waals surface area contributed by atoms with Crippen molar-refractivity contribution >= 4 is 5.69 Å². The minimum Gasteiger partial charge on any atom is -0.497 e. The number of nitrogens with zero attached hydrogens (tertiary/aromatic N) is 3. The summed E-state index contributed by atoms with van der Waals surface area (Å²) in [5, 5.41) is 15.0. The first-order valence-corrected chi connectivity index (χ1v) is 10.5. The number of hydrogen-bond donors (Lipinski definition) is 1. The van der Waals surface area contributed by atoms with E-state index in [2.05, 4.69) is 5.10 Å². The first kappa shape index (κ1) is 23.3. The Labute approximate surface area is 188 Å². The Kier molecular flexibility index (Phi) is 8.21. The Bertz CT molecular complexity index is 974. The predicted molar refractivity (Wildman–Crippen MR) is 123 cm³/mol. The van der Waals surface area contributed by atoms with Crippen LogP contribution in [0.5, 0.6) is 23.0 Å². The van der Waals surface area contributed by atoms with Gasteiger partial charge in [0.15, 0.2) is 0 Å². The number of methoxy groups -OCH3 is 2. The molecule has 0 aliphatic rings. The second-order valence-electron chi connectivity index (χ2n) is 7.30. The standard InChI is InChI=1S/C24H31N3O5/c1-5-31-21-8-10-22(11-9-21)32-17-20(28)16-27(19-13-25-26(2)15-19)14-18-6-7-23(29-3)12-24(18)30-4/h6-13,15,20,28H,5,14,16-17H2,1-4H3/t20-/m1/s1.